The van der Waals surface area contributed by atoms with Crippen LogP contribution in [0, 0.1) is 0 Å². The minimum atomic E-state index is 0.0540. The van der Waals surface area contributed by atoms with Crippen molar-refractivity contribution in [1.29, 1.82) is 0 Å². The molecule has 0 heterocycles. The van der Waals surface area contributed by atoms with Gasteiger partial charge in [-0.2, -0.15) is 0 Å². The van der Waals surface area contributed by atoms with Crippen LogP contribution in [-0.4, -0.2) is 10.6 Å². The molecule has 0 saturated heterocycles. The van der Waals surface area contributed by atoms with E-state index in [1.807, 2.05) is 18.2 Å². The molecule has 0 fully saturated rings. The van der Waals surface area contributed by atoms with Crippen molar-refractivity contribution in [2.24, 2.45) is 0 Å². The Morgan fingerprint density at radius 1 is 0.950 bits per heavy atom. The summed E-state index contributed by atoms with van der Waals surface area (Å²) in [7, 11) is 0. The number of rotatable bonds is 5. The van der Waals surface area contributed by atoms with E-state index in [1.54, 1.807) is 12.1 Å². The molecule has 0 amide bonds. The Morgan fingerprint density at radius 3 is 2.05 bits per heavy atom. The number of phenols is 1. The van der Waals surface area contributed by atoms with Gasteiger partial charge < -0.3 is 10.4 Å². The highest BCUT2D eigenvalue weighted by Gasteiger charge is 2.22. The molecule has 106 valence electrons. The summed E-state index contributed by atoms with van der Waals surface area (Å²) in [6.07, 6.45) is 1.05. The van der Waals surface area contributed by atoms with Gasteiger partial charge in [0, 0.05) is 5.54 Å². The van der Waals surface area contributed by atoms with Crippen LogP contribution in [0.5, 0.6) is 5.75 Å². The van der Waals surface area contributed by atoms with Crippen LogP contribution in [0.1, 0.15) is 44.4 Å². The molecule has 20 heavy (non-hydrogen) atoms. The predicted molar refractivity (Wildman–Crippen MR) is 83.9 cm³/mol. The second kappa shape index (κ2) is 6.10. The second-order valence-electron chi connectivity index (χ2n) is 5.82. The molecule has 2 aromatic carbocycles. The molecule has 0 aliphatic heterocycles. The summed E-state index contributed by atoms with van der Waals surface area (Å²) >= 11 is 0. The highest BCUT2D eigenvalue weighted by Crippen LogP contribution is 2.26. The molecule has 0 aliphatic rings. The van der Waals surface area contributed by atoms with Gasteiger partial charge in [-0.05, 0) is 43.5 Å². The van der Waals surface area contributed by atoms with Crippen LogP contribution >= 0.6 is 0 Å². The third-order valence-electron chi connectivity index (χ3n) is 3.78. The molecule has 0 spiro atoms. The average Bonchev–Trinajstić information content (AvgIpc) is 2.47. The molecule has 0 aromatic heterocycles. The van der Waals surface area contributed by atoms with Gasteiger partial charge in [0.2, 0.25) is 0 Å². The number of hydrogen-bond donors (Lipinski definition) is 2. The summed E-state index contributed by atoms with van der Waals surface area (Å²) in [5, 5.41) is 13.2. The summed E-state index contributed by atoms with van der Waals surface area (Å²) in [5.41, 5.74) is 2.45. The maximum absolute atomic E-state index is 9.47. The molecule has 2 rings (SSSR count). The molecule has 0 radical (unpaired) electrons. The largest absolute Gasteiger partial charge is 0.508 e. The van der Waals surface area contributed by atoms with Gasteiger partial charge in [0.05, 0.1) is 6.04 Å². The average molecular weight is 269 g/mol. The first-order valence-corrected chi connectivity index (χ1v) is 7.13. The van der Waals surface area contributed by atoms with E-state index in [0.29, 0.717) is 5.75 Å². The van der Waals surface area contributed by atoms with Crippen LogP contribution in [0.15, 0.2) is 54.6 Å². The van der Waals surface area contributed by atoms with Gasteiger partial charge in [-0.1, -0.05) is 49.4 Å². The fraction of sp³-hybridized carbons (Fsp3) is 0.333. The summed E-state index contributed by atoms with van der Waals surface area (Å²) in [6.45, 7) is 6.61. The zero-order chi connectivity index (χ0) is 14.6. The Kier molecular flexibility index (Phi) is 4.46. The van der Waals surface area contributed by atoms with E-state index < -0.39 is 0 Å². The summed E-state index contributed by atoms with van der Waals surface area (Å²) in [6, 6.07) is 18.0. The molecular weight excluding hydrogens is 246 g/mol. The van der Waals surface area contributed by atoms with Crippen molar-refractivity contribution in [1.82, 2.24) is 5.32 Å². The van der Waals surface area contributed by atoms with Gasteiger partial charge in [0.15, 0.2) is 0 Å². The molecule has 2 nitrogen and oxygen atoms in total. The van der Waals surface area contributed by atoms with Crippen molar-refractivity contribution in [3.63, 3.8) is 0 Å². The summed E-state index contributed by atoms with van der Waals surface area (Å²) in [4.78, 5) is 0. The van der Waals surface area contributed by atoms with Crippen LogP contribution in [0.3, 0.4) is 0 Å². The Morgan fingerprint density at radius 2 is 1.50 bits per heavy atom. The Balaban J connectivity index is 2.36. The molecule has 2 N–H and O–H groups in total. The van der Waals surface area contributed by atoms with Gasteiger partial charge in [-0.25, -0.2) is 0 Å². The molecule has 2 heteroatoms. The van der Waals surface area contributed by atoms with Gasteiger partial charge in [-0.15, -0.1) is 0 Å². The Labute approximate surface area is 121 Å². The van der Waals surface area contributed by atoms with Crippen molar-refractivity contribution < 1.29 is 5.11 Å². The lowest BCUT2D eigenvalue weighted by Crippen LogP contribution is -2.41. The lowest BCUT2D eigenvalue weighted by Gasteiger charge is -2.32. The topological polar surface area (TPSA) is 32.3 Å². The number of hydrogen-bond acceptors (Lipinski definition) is 2. The lowest BCUT2D eigenvalue weighted by atomic mass is 9.93. The standard InChI is InChI=1S/C18H23NO/c1-4-18(2,3)19-17(14-8-6-5-7-9-14)15-10-12-16(20)13-11-15/h5-13,17,19-20H,4H2,1-3H3. The molecule has 2 aromatic rings. The van der Waals surface area contributed by atoms with E-state index in [4.69, 9.17) is 0 Å². The first kappa shape index (κ1) is 14.6. The van der Waals surface area contributed by atoms with Crippen LogP contribution < -0.4 is 5.32 Å². The van der Waals surface area contributed by atoms with Crippen LogP contribution in [0.4, 0.5) is 0 Å². The van der Waals surface area contributed by atoms with Crippen molar-refractivity contribution in [2.75, 3.05) is 0 Å². The van der Waals surface area contributed by atoms with Crippen LogP contribution in [-0.2, 0) is 0 Å². The monoisotopic (exact) mass is 269 g/mol. The lowest BCUT2D eigenvalue weighted by molar-refractivity contribution is 0.348. The first-order valence-electron chi connectivity index (χ1n) is 7.13. The van der Waals surface area contributed by atoms with E-state index in [2.05, 4.69) is 50.4 Å². The summed E-state index contributed by atoms with van der Waals surface area (Å²) in [5.74, 6) is 0.301. The zero-order valence-electron chi connectivity index (χ0n) is 12.4. The Bertz CT molecular complexity index is 531. The molecular formula is C18H23NO. The van der Waals surface area contributed by atoms with Gasteiger partial charge >= 0.3 is 0 Å². The maximum Gasteiger partial charge on any atom is 0.115 e. The number of aromatic hydroxyl groups is 1. The quantitative estimate of drug-likeness (QED) is 0.850. The van der Waals surface area contributed by atoms with Crippen molar-refractivity contribution >= 4 is 0 Å². The van der Waals surface area contributed by atoms with Gasteiger partial charge in [-0.3, -0.25) is 0 Å². The normalized spacial score (nSPS) is 13.2. The minimum absolute atomic E-state index is 0.0540. The predicted octanol–water partition coefficient (Wildman–Crippen LogP) is 4.26. The number of nitrogens with one attached hydrogen (secondary N) is 1. The molecule has 1 unspecified atom stereocenters. The fourth-order valence-corrected chi connectivity index (χ4v) is 2.16. The number of phenolic OH excluding ortho intramolecular Hbond substituents is 1. The van der Waals surface area contributed by atoms with Crippen molar-refractivity contribution in [3.05, 3.63) is 65.7 Å². The SMILES string of the molecule is CCC(C)(C)NC(c1ccccc1)c1ccc(O)cc1. The van der Waals surface area contributed by atoms with Gasteiger partial charge in [0.25, 0.3) is 0 Å². The molecule has 0 saturated carbocycles. The van der Waals surface area contributed by atoms with E-state index in [0.717, 1.165) is 12.0 Å². The van der Waals surface area contributed by atoms with Crippen LogP contribution in [0.25, 0.3) is 0 Å². The second-order valence-corrected chi connectivity index (χ2v) is 5.82. The fourth-order valence-electron chi connectivity index (χ4n) is 2.16. The van der Waals surface area contributed by atoms with Crippen molar-refractivity contribution in [3.8, 4) is 5.75 Å². The van der Waals surface area contributed by atoms with Crippen molar-refractivity contribution in [2.45, 2.75) is 38.8 Å². The zero-order valence-corrected chi connectivity index (χ0v) is 12.4. The highest BCUT2D eigenvalue weighted by atomic mass is 16.3. The first-order chi connectivity index (χ1) is 9.52. The molecule has 1 atom stereocenters. The smallest absolute Gasteiger partial charge is 0.115 e. The van der Waals surface area contributed by atoms with Crippen LogP contribution in [0.2, 0.25) is 0 Å². The van der Waals surface area contributed by atoms with E-state index in [1.165, 1.54) is 5.56 Å². The Hall–Kier alpha value is -1.80. The highest BCUT2D eigenvalue weighted by molar-refractivity contribution is 5.35. The molecule has 0 bridgehead atoms. The third-order valence-corrected chi connectivity index (χ3v) is 3.78. The molecule has 0 aliphatic carbocycles. The maximum atomic E-state index is 9.47. The van der Waals surface area contributed by atoms with E-state index in [9.17, 15) is 5.11 Å². The van der Waals surface area contributed by atoms with E-state index >= 15 is 0 Å². The summed E-state index contributed by atoms with van der Waals surface area (Å²) < 4.78 is 0. The third kappa shape index (κ3) is 3.61. The van der Waals surface area contributed by atoms with E-state index in [-0.39, 0.29) is 11.6 Å². The number of benzene rings is 2. The van der Waals surface area contributed by atoms with Gasteiger partial charge in [0.1, 0.15) is 5.75 Å². The minimum Gasteiger partial charge on any atom is -0.508 e.